The summed E-state index contributed by atoms with van der Waals surface area (Å²) in [4.78, 5) is 44.0. The van der Waals surface area contributed by atoms with Crippen LogP contribution in [-0.4, -0.2) is 48.0 Å². The number of rotatable bonds is 8. The first-order valence-electron chi connectivity index (χ1n) is 16.7. The maximum atomic E-state index is 15.8. The van der Waals surface area contributed by atoms with E-state index in [-0.39, 0.29) is 17.0 Å². The molecule has 0 aliphatic rings. The van der Waals surface area contributed by atoms with Crippen LogP contribution in [0.15, 0.2) is 115 Å². The largest absolute Gasteiger partial charge is 0.496 e. The Morgan fingerprint density at radius 1 is 0.667 bits per heavy atom. The van der Waals surface area contributed by atoms with Crippen LogP contribution in [-0.2, 0) is 14.1 Å². The van der Waals surface area contributed by atoms with Crippen LogP contribution < -0.4 is 15.4 Å². The first kappa shape index (κ1) is 33.8. The fraction of sp³-hybridized carbons (Fsp3) is 0.0732. The van der Waals surface area contributed by atoms with Gasteiger partial charge in [-0.3, -0.25) is 9.59 Å². The molecule has 266 valence electrons. The normalized spacial score (nSPS) is 11.2. The van der Waals surface area contributed by atoms with Gasteiger partial charge in [0.05, 0.1) is 40.9 Å². The average Bonchev–Trinajstić information content (AvgIpc) is 3.70. The second-order valence-corrected chi connectivity index (χ2v) is 12.5. The molecule has 0 saturated carbocycles. The highest BCUT2D eigenvalue weighted by molar-refractivity contribution is 6.08. The number of aromatic nitrogens is 6. The van der Waals surface area contributed by atoms with Gasteiger partial charge in [-0.1, -0.05) is 24.3 Å². The van der Waals surface area contributed by atoms with Gasteiger partial charge < -0.3 is 24.5 Å². The molecule has 4 aromatic heterocycles. The Kier molecular flexibility index (Phi) is 8.58. The molecule has 0 aliphatic heterocycles. The Bertz CT molecular complexity index is 2740. The SMILES string of the molecule is COc1ccc(-c2ccc(-c3nc4ccc(NC(=O)c5ccccc5)cc4n3C)nc2F)cc1C(=O)Nc1ccc2nc(-c3ccc(F)cn3)n(C)c2c1. The molecule has 8 aromatic rings. The van der Waals surface area contributed by atoms with E-state index in [0.29, 0.717) is 62.3 Å². The first-order valence-corrected chi connectivity index (χ1v) is 16.7. The molecule has 0 spiro atoms. The topological polar surface area (TPSA) is 129 Å². The predicted octanol–water partition coefficient (Wildman–Crippen LogP) is 8.04. The van der Waals surface area contributed by atoms with Gasteiger partial charge in [-0.2, -0.15) is 4.39 Å². The maximum Gasteiger partial charge on any atom is 0.259 e. The molecule has 4 aromatic carbocycles. The molecule has 11 nitrogen and oxygen atoms in total. The molecule has 0 unspecified atom stereocenters. The van der Waals surface area contributed by atoms with E-state index in [1.807, 2.05) is 17.7 Å². The number of hydrogen-bond acceptors (Lipinski definition) is 7. The smallest absolute Gasteiger partial charge is 0.259 e. The van der Waals surface area contributed by atoms with Crippen molar-refractivity contribution in [3.8, 4) is 39.9 Å². The summed E-state index contributed by atoms with van der Waals surface area (Å²) in [6.45, 7) is 0. The van der Waals surface area contributed by atoms with E-state index in [4.69, 9.17) is 4.74 Å². The summed E-state index contributed by atoms with van der Waals surface area (Å²) in [5.41, 5.74) is 5.97. The molecule has 2 amide bonds. The third kappa shape index (κ3) is 6.27. The summed E-state index contributed by atoms with van der Waals surface area (Å²) in [5, 5.41) is 5.81. The lowest BCUT2D eigenvalue weighted by Crippen LogP contribution is -2.13. The Balaban J connectivity index is 1.04. The molecule has 0 radical (unpaired) electrons. The van der Waals surface area contributed by atoms with Crippen molar-refractivity contribution in [2.45, 2.75) is 0 Å². The van der Waals surface area contributed by atoms with E-state index in [2.05, 4.69) is 30.6 Å². The summed E-state index contributed by atoms with van der Waals surface area (Å²) in [6.07, 6.45) is 1.13. The number of nitrogens with one attached hydrogen (secondary N) is 2. The zero-order valence-electron chi connectivity index (χ0n) is 29.1. The van der Waals surface area contributed by atoms with Gasteiger partial charge in [0.2, 0.25) is 5.95 Å². The van der Waals surface area contributed by atoms with Crippen LogP contribution in [0, 0.1) is 11.8 Å². The number of halogens is 2. The van der Waals surface area contributed by atoms with Crippen LogP contribution in [0.3, 0.4) is 0 Å². The number of anilines is 2. The van der Waals surface area contributed by atoms with Crippen LogP contribution in [0.4, 0.5) is 20.2 Å². The predicted molar refractivity (Wildman–Crippen MR) is 202 cm³/mol. The number of hydrogen-bond donors (Lipinski definition) is 2. The van der Waals surface area contributed by atoms with Crippen LogP contribution in [0.25, 0.3) is 56.2 Å². The molecular formula is C41H30F2N8O3. The van der Waals surface area contributed by atoms with E-state index in [1.165, 1.54) is 13.2 Å². The van der Waals surface area contributed by atoms with Crippen molar-refractivity contribution in [3.05, 3.63) is 138 Å². The highest BCUT2D eigenvalue weighted by Gasteiger charge is 2.20. The minimum Gasteiger partial charge on any atom is -0.496 e. The number of nitrogens with zero attached hydrogens (tertiary/aromatic N) is 6. The van der Waals surface area contributed by atoms with Gasteiger partial charge in [0, 0.05) is 36.6 Å². The van der Waals surface area contributed by atoms with Crippen LogP contribution in [0.2, 0.25) is 0 Å². The lowest BCUT2D eigenvalue weighted by Gasteiger charge is -2.12. The van der Waals surface area contributed by atoms with E-state index in [9.17, 15) is 14.0 Å². The number of imidazole rings is 2. The van der Waals surface area contributed by atoms with Crippen LogP contribution in [0.5, 0.6) is 5.75 Å². The third-order valence-corrected chi connectivity index (χ3v) is 9.10. The molecule has 2 N–H and O–H groups in total. The zero-order chi connectivity index (χ0) is 37.5. The Hall–Kier alpha value is -7.28. The monoisotopic (exact) mass is 720 g/mol. The number of benzene rings is 4. The highest BCUT2D eigenvalue weighted by Crippen LogP contribution is 2.32. The Labute approximate surface area is 306 Å². The van der Waals surface area contributed by atoms with Crippen LogP contribution >= 0.6 is 0 Å². The van der Waals surface area contributed by atoms with E-state index in [1.54, 1.807) is 109 Å². The summed E-state index contributed by atoms with van der Waals surface area (Å²) < 4.78 is 38.3. The lowest BCUT2D eigenvalue weighted by atomic mass is 10.0. The lowest BCUT2D eigenvalue weighted by molar-refractivity contribution is 0.101. The number of pyridine rings is 2. The molecular weight excluding hydrogens is 690 g/mol. The van der Waals surface area contributed by atoms with Crippen molar-refractivity contribution < 1.29 is 23.1 Å². The number of carbonyl (C=O) groups excluding carboxylic acids is 2. The van der Waals surface area contributed by atoms with Crippen molar-refractivity contribution in [1.82, 2.24) is 29.1 Å². The molecule has 0 saturated heterocycles. The zero-order valence-corrected chi connectivity index (χ0v) is 29.1. The minimum atomic E-state index is -0.750. The molecule has 54 heavy (non-hydrogen) atoms. The molecule has 8 rings (SSSR count). The van der Waals surface area contributed by atoms with Gasteiger partial charge in [-0.25, -0.2) is 24.3 Å². The van der Waals surface area contributed by atoms with Gasteiger partial charge in [0.25, 0.3) is 11.8 Å². The maximum absolute atomic E-state index is 15.8. The summed E-state index contributed by atoms with van der Waals surface area (Å²) in [6, 6.07) is 30.4. The van der Waals surface area contributed by atoms with Crippen molar-refractivity contribution in [2.75, 3.05) is 17.7 Å². The minimum absolute atomic E-state index is 0.179. The second kappa shape index (κ2) is 13.7. The molecule has 13 heteroatoms. The fourth-order valence-corrected chi connectivity index (χ4v) is 6.32. The van der Waals surface area contributed by atoms with Gasteiger partial charge >= 0.3 is 0 Å². The number of ether oxygens (including phenoxy) is 1. The van der Waals surface area contributed by atoms with Crippen molar-refractivity contribution >= 4 is 45.3 Å². The molecule has 0 bridgehead atoms. The summed E-state index contributed by atoms with van der Waals surface area (Å²) in [5.74, 6) is -0.633. The first-order chi connectivity index (χ1) is 26.2. The number of aryl methyl sites for hydroxylation is 2. The van der Waals surface area contributed by atoms with Gasteiger partial charge in [-0.05, 0) is 90.5 Å². The quantitative estimate of drug-likeness (QED) is 0.152. The number of amides is 2. The van der Waals surface area contributed by atoms with Crippen molar-refractivity contribution in [3.63, 3.8) is 0 Å². The molecule has 0 fully saturated rings. The average molecular weight is 721 g/mol. The molecule has 4 heterocycles. The van der Waals surface area contributed by atoms with Gasteiger partial charge in [0.1, 0.15) is 23.0 Å². The number of methoxy groups -OCH3 is 1. The third-order valence-electron chi connectivity index (χ3n) is 9.10. The molecule has 0 aliphatic carbocycles. The highest BCUT2D eigenvalue weighted by atomic mass is 19.1. The Morgan fingerprint density at radius 3 is 1.91 bits per heavy atom. The number of fused-ring (bicyclic) bond motifs is 2. The van der Waals surface area contributed by atoms with E-state index in [0.717, 1.165) is 17.2 Å². The van der Waals surface area contributed by atoms with Crippen molar-refractivity contribution in [2.24, 2.45) is 14.1 Å². The van der Waals surface area contributed by atoms with Gasteiger partial charge in [0.15, 0.2) is 11.6 Å². The molecule has 0 atom stereocenters. The summed E-state index contributed by atoms with van der Waals surface area (Å²) >= 11 is 0. The Morgan fingerprint density at radius 2 is 1.30 bits per heavy atom. The summed E-state index contributed by atoms with van der Waals surface area (Å²) in [7, 11) is 5.05. The van der Waals surface area contributed by atoms with E-state index >= 15 is 4.39 Å². The van der Waals surface area contributed by atoms with Crippen molar-refractivity contribution in [1.29, 1.82) is 0 Å². The van der Waals surface area contributed by atoms with Gasteiger partial charge in [-0.15, -0.1) is 0 Å². The number of carbonyl (C=O) groups is 2. The van der Waals surface area contributed by atoms with E-state index < -0.39 is 17.7 Å². The fourth-order valence-electron chi connectivity index (χ4n) is 6.32. The second-order valence-electron chi connectivity index (χ2n) is 12.5. The standard InChI is InChI=1S/C41H30F2N8O3/c1-50-34-21-27(12-16-30(34)48-38(50)32-14-10-25(42)22-44-32)46-41(53)29-19-24(9-18-36(29)54-3)28-13-17-33(47-37(28)43)39-49-31-15-11-26(20-35(31)51(39)2)45-40(52)23-7-5-4-6-8-23/h4-22H,1-3H3,(H,45,52)(H,46,53). The van der Waals surface area contributed by atoms with Crippen LogP contribution in [0.1, 0.15) is 20.7 Å².